The maximum atomic E-state index is 12.1. The number of carbonyl (C=O) groups is 2. The molecule has 0 aliphatic carbocycles. The van der Waals surface area contributed by atoms with Crippen LogP contribution >= 0.6 is 0 Å². The lowest BCUT2D eigenvalue weighted by atomic mass is 10.2. The molecule has 2 atom stereocenters. The van der Waals surface area contributed by atoms with Gasteiger partial charge in [0.15, 0.2) is 6.29 Å². The second-order valence-corrected chi connectivity index (χ2v) is 4.96. The molecule has 106 valence electrons. The molecule has 4 heteroatoms. The van der Waals surface area contributed by atoms with Gasteiger partial charge in [0, 0.05) is 22.7 Å². The summed E-state index contributed by atoms with van der Waals surface area (Å²) < 4.78 is 7.15. The molecule has 0 N–H and O–H groups in total. The zero-order valence-electron chi connectivity index (χ0n) is 12.0. The van der Waals surface area contributed by atoms with Gasteiger partial charge in [0.25, 0.3) is 0 Å². The monoisotopic (exact) mass is 273 g/mol. The minimum absolute atomic E-state index is 0.0997. The molecule has 0 amide bonds. The summed E-state index contributed by atoms with van der Waals surface area (Å²) >= 11 is 0. The van der Waals surface area contributed by atoms with E-state index >= 15 is 0 Å². The van der Waals surface area contributed by atoms with Crippen molar-refractivity contribution in [3.05, 3.63) is 36.0 Å². The van der Waals surface area contributed by atoms with E-state index in [-0.39, 0.29) is 12.1 Å². The molecule has 0 aliphatic heterocycles. The van der Waals surface area contributed by atoms with Gasteiger partial charge in [0.05, 0.1) is 6.10 Å². The van der Waals surface area contributed by atoms with E-state index in [0.717, 1.165) is 23.6 Å². The Kier molecular flexibility index (Phi) is 4.23. The molecule has 1 heterocycles. The standard InChI is InChI=1S/C16H19NO3/c1-4-11(2)20-16(19)12(3)17-9-13(10-18)14-7-5-6-8-15(14)17/h5-12H,4H2,1-3H3. The summed E-state index contributed by atoms with van der Waals surface area (Å²) in [6, 6.07) is 7.09. The van der Waals surface area contributed by atoms with Gasteiger partial charge in [0.2, 0.25) is 0 Å². The maximum Gasteiger partial charge on any atom is 0.329 e. The molecular weight excluding hydrogens is 254 g/mol. The molecule has 0 fully saturated rings. The first kappa shape index (κ1) is 14.3. The molecule has 1 aromatic heterocycles. The highest BCUT2D eigenvalue weighted by Crippen LogP contribution is 2.24. The molecule has 0 aliphatic rings. The number of carbonyl (C=O) groups excluding carboxylic acids is 2. The number of nitrogens with zero attached hydrogens (tertiary/aromatic N) is 1. The van der Waals surface area contributed by atoms with E-state index in [1.54, 1.807) is 17.7 Å². The highest BCUT2D eigenvalue weighted by molar-refractivity contribution is 5.98. The number of aldehydes is 1. The van der Waals surface area contributed by atoms with Crippen LogP contribution in [0.25, 0.3) is 10.9 Å². The number of rotatable bonds is 5. The predicted octanol–water partition coefficient (Wildman–Crippen LogP) is 3.36. The summed E-state index contributed by atoms with van der Waals surface area (Å²) in [7, 11) is 0. The second-order valence-electron chi connectivity index (χ2n) is 4.96. The van der Waals surface area contributed by atoms with Crippen LogP contribution in [0.1, 0.15) is 43.6 Å². The summed E-state index contributed by atoms with van der Waals surface area (Å²) in [6.45, 7) is 5.62. The fraction of sp³-hybridized carbons (Fsp3) is 0.375. The number of aromatic nitrogens is 1. The second kappa shape index (κ2) is 5.90. The minimum atomic E-state index is -0.456. The van der Waals surface area contributed by atoms with Crippen molar-refractivity contribution in [1.82, 2.24) is 4.57 Å². The van der Waals surface area contributed by atoms with Crippen molar-refractivity contribution in [3.63, 3.8) is 0 Å². The molecule has 0 radical (unpaired) electrons. The molecule has 4 nitrogen and oxygen atoms in total. The topological polar surface area (TPSA) is 48.3 Å². The third-order valence-electron chi connectivity index (χ3n) is 3.55. The summed E-state index contributed by atoms with van der Waals surface area (Å²) in [5, 5.41) is 0.852. The summed E-state index contributed by atoms with van der Waals surface area (Å²) in [5.41, 5.74) is 1.45. The number of para-hydroxylation sites is 1. The summed E-state index contributed by atoms with van der Waals surface area (Å²) in [6.07, 6.45) is 3.20. The molecule has 0 saturated heterocycles. The van der Waals surface area contributed by atoms with Crippen molar-refractivity contribution >= 4 is 23.2 Å². The quantitative estimate of drug-likeness (QED) is 0.620. The molecule has 0 saturated carbocycles. The summed E-state index contributed by atoms with van der Waals surface area (Å²) in [4.78, 5) is 23.2. The predicted molar refractivity (Wildman–Crippen MR) is 77.9 cm³/mol. The van der Waals surface area contributed by atoms with E-state index < -0.39 is 6.04 Å². The van der Waals surface area contributed by atoms with Gasteiger partial charge in [-0.05, 0) is 26.3 Å². The van der Waals surface area contributed by atoms with Crippen molar-refractivity contribution in [2.45, 2.75) is 39.3 Å². The van der Waals surface area contributed by atoms with Crippen LogP contribution in [-0.4, -0.2) is 22.9 Å². The molecule has 20 heavy (non-hydrogen) atoms. The first-order chi connectivity index (χ1) is 9.58. The van der Waals surface area contributed by atoms with Gasteiger partial charge >= 0.3 is 5.97 Å². The average Bonchev–Trinajstić information content (AvgIpc) is 2.85. The first-order valence-electron chi connectivity index (χ1n) is 6.83. The van der Waals surface area contributed by atoms with Gasteiger partial charge in [0.1, 0.15) is 6.04 Å². The summed E-state index contributed by atoms with van der Waals surface area (Å²) in [5.74, 6) is -0.280. The molecule has 0 bridgehead atoms. The number of hydrogen-bond donors (Lipinski definition) is 0. The van der Waals surface area contributed by atoms with Crippen LogP contribution in [0.15, 0.2) is 30.5 Å². The van der Waals surface area contributed by atoms with Gasteiger partial charge < -0.3 is 9.30 Å². The Bertz CT molecular complexity index is 630. The average molecular weight is 273 g/mol. The Morgan fingerprint density at radius 2 is 2.05 bits per heavy atom. The number of benzene rings is 1. The number of ether oxygens (including phenoxy) is 1. The van der Waals surface area contributed by atoms with Crippen molar-refractivity contribution in [2.75, 3.05) is 0 Å². The van der Waals surface area contributed by atoms with Crippen LogP contribution < -0.4 is 0 Å². The van der Waals surface area contributed by atoms with Crippen LogP contribution in [0, 0.1) is 0 Å². The lowest BCUT2D eigenvalue weighted by molar-refractivity contribution is -0.151. The Hall–Kier alpha value is -2.10. The van der Waals surface area contributed by atoms with Crippen LogP contribution in [0.3, 0.4) is 0 Å². The van der Waals surface area contributed by atoms with Crippen molar-refractivity contribution in [2.24, 2.45) is 0 Å². The Morgan fingerprint density at radius 1 is 1.35 bits per heavy atom. The zero-order chi connectivity index (χ0) is 14.7. The van der Waals surface area contributed by atoms with Gasteiger partial charge in [-0.1, -0.05) is 25.1 Å². The van der Waals surface area contributed by atoms with Crippen LogP contribution in [0.2, 0.25) is 0 Å². The Morgan fingerprint density at radius 3 is 2.70 bits per heavy atom. The highest BCUT2D eigenvalue weighted by Gasteiger charge is 2.21. The van der Waals surface area contributed by atoms with Gasteiger partial charge in [-0.3, -0.25) is 4.79 Å². The third-order valence-corrected chi connectivity index (χ3v) is 3.55. The minimum Gasteiger partial charge on any atom is -0.461 e. The van der Waals surface area contributed by atoms with Gasteiger partial charge in [-0.25, -0.2) is 4.79 Å². The fourth-order valence-electron chi connectivity index (χ4n) is 2.14. The number of esters is 1. The SMILES string of the molecule is CCC(C)OC(=O)C(C)n1cc(C=O)c2ccccc21. The van der Waals surface area contributed by atoms with E-state index in [1.165, 1.54) is 0 Å². The van der Waals surface area contributed by atoms with Crippen LogP contribution in [-0.2, 0) is 9.53 Å². The number of fused-ring (bicyclic) bond motifs is 1. The normalized spacial score (nSPS) is 13.9. The van der Waals surface area contributed by atoms with E-state index in [0.29, 0.717) is 5.56 Å². The van der Waals surface area contributed by atoms with E-state index in [2.05, 4.69) is 0 Å². The highest BCUT2D eigenvalue weighted by atomic mass is 16.5. The fourth-order valence-corrected chi connectivity index (χ4v) is 2.14. The maximum absolute atomic E-state index is 12.1. The molecule has 2 unspecified atom stereocenters. The zero-order valence-corrected chi connectivity index (χ0v) is 12.0. The van der Waals surface area contributed by atoms with Gasteiger partial charge in [-0.15, -0.1) is 0 Å². The van der Waals surface area contributed by atoms with Crippen molar-refractivity contribution in [1.29, 1.82) is 0 Å². The van der Waals surface area contributed by atoms with Crippen LogP contribution in [0.5, 0.6) is 0 Å². The first-order valence-corrected chi connectivity index (χ1v) is 6.83. The van der Waals surface area contributed by atoms with Crippen molar-refractivity contribution in [3.8, 4) is 0 Å². The lowest BCUT2D eigenvalue weighted by Gasteiger charge is -2.17. The van der Waals surface area contributed by atoms with Crippen LogP contribution in [0.4, 0.5) is 0 Å². The van der Waals surface area contributed by atoms with Gasteiger partial charge in [-0.2, -0.15) is 0 Å². The Balaban J connectivity index is 2.37. The molecule has 1 aromatic carbocycles. The largest absolute Gasteiger partial charge is 0.461 e. The molecular formula is C16H19NO3. The number of hydrogen-bond acceptors (Lipinski definition) is 3. The van der Waals surface area contributed by atoms with Crippen molar-refractivity contribution < 1.29 is 14.3 Å². The molecule has 2 aromatic rings. The Labute approximate surface area is 118 Å². The third kappa shape index (κ3) is 2.59. The lowest BCUT2D eigenvalue weighted by Crippen LogP contribution is -2.22. The molecule has 2 rings (SSSR count). The van der Waals surface area contributed by atoms with E-state index in [4.69, 9.17) is 4.74 Å². The smallest absolute Gasteiger partial charge is 0.329 e. The molecule has 0 spiro atoms. The van der Waals surface area contributed by atoms with E-state index in [1.807, 2.05) is 38.1 Å². The van der Waals surface area contributed by atoms with E-state index in [9.17, 15) is 9.59 Å².